The van der Waals surface area contributed by atoms with Gasteiger partial charge in [-0.05, 0) is 30.0 Å². The summed E-state index contributed by atoms with van der Waals surface area (Å²) in [7, 11) is 0. The summed E-state index contributed by atoms with van der Waals surface area (Å²) in [6, 6.07) is 19.5. The van der Waals surface area contributed by atoms with E-state index in [4.69, 9.17) is 0 Å². The molecule has 0 fully saturated rings. The summed E-state index contributed by atoms with van der Waals surface area (Å²) in [5.41, 5.74) is 0.881. The summed E-state index contributed by atoms with van der Waals surface area (Å²) >= 11 is 1.33. The first-order valence-electron chi connectivity index (χ1n) is 11.8. The van der Waals surface area contributed by atoms with Crippen molar-refractivity contribution in [3.63, 3.8) is 0 Å². The van der Waals surface area contributed by atoms with Gasteiger partial charge < -0.3 is 15.7 Å². The molecule has 0 unspecified atom stereocenters. The molecule has 2 amide bonds. The van der Waals surface area contributed by atoms with Crippen molar-refractivity contribution in [2.45, 2.75) is 38.3 Å². The number of aliphatic hydroxyl groups is 1. The van der Waals surface area contributed by atoms with Crippen molar-refractivity contribution in [2.24, 2.45) is 0 Å². The Morgan fingerprint density at radius 3 is 2.41 bits per heavy atom. The van der Waals surface area contributed by atoms with E-state index >= 15 is 0 Å². The van der Waals surface area contributed by atoms with Gasteiger partial charge in [-0.25, -0.2) is 4.79 Å². The molecule has 190 valence electrons. The van der Waals surface area contributed by atoms with Crippen LogP contribution >= 0.6 is 11.3 Å². The third kappa shape index (κ3) is 7.63. The maximum absolute atomic E-state index is 12.3. The number of rotatable bonds is 11. The number of hydrogen-bond donors (Lipinski definition) is 3. The van der Waals surface area contributed by atoms with Crippen molar-refractivity contribution in [2.75, 3.05) is 10.6 Å². The molecule has 2 heterocycles. The zero-order valence-corrected chi connectivity index (χ0v) is 20.7. The number of aliphatic hydroxyl groups excluding tert-OH is 1. The minimum atomic E-state index is -1.36. The highest BCUT2D eigenvalue weighted by Crippen LogP contribution is 2.18. The van der Waals surface area contributed by atoms with E-state index in [1.54, 1.807) is 36.5 Å². The van der Waals surface area contributed by atoms with E-state index in [9.17, 15) is 19.5 Å². The highest BCUT2D eigenvalue weighted by molar-refractivity contribution is 7.15. The van der Waals surface area contributed by atoms with Gasteiger partial charge in [0.2, 0.25) is 11.0 Å². The van der Waals surface area contributed by atoms with Gasteiger partial charge in [-0.3, -0.25) is 14.2 Å². The van der Waals surface area contributed by atoms with Gasteiger partial charge in [0.15, 0.2) is 6.10 Å². The molecule has 0 radical (unpaired) electrons. The molecule has 0 aliphatic rings. The second kappa shape index (κ2) is 12.7. The first-order chi connectivity index (χ1) is 18.0. The lowest BCUT2D eigenvalue weighted by Crippen LogP contribution is -2.27. The van der Waals surface area contributed by atoms with Crippen LogP contribution < -0.4 is 16.3 Å². The summed E-state index contributed by atoms with van der Waals surface area (Å²) in [5, 5.41) is 24.8. The van der Waals surface area contributed by atoms with Gasteiger partial charge in [-0.2, -0.15) is 4.98 Å². The van der Waals surface area contributed by atoms with E-state index in [-0.39, 0.29) is 18.1 Å². The number of anilines is 2. The number of amides is 2. The largest absolute Gasteiger partial charge is 0.378 e. The van der Waals surface area contributed by atoms with Crippen molar-refractivity contribution in [3.8, 4) is 0 Å². The predicted molar refractivity (Wildman–Crippen MR) is 140 cm³/mol. The topological polar surface area (TPSA) is 139 Å². The molecule has 37 heavy (non-hydrogen) atoms. The van der Waals surface area contributed by atoms with Gasteiger partial charge in [0.05, 0.1) is 6.42 Å². The fourth-order valence-electron chi connectivity index (χ4n) is 3.56. The Bertz CT molecular complexity index is 1390. The number of benzene rings is 2. The maximum atomic E-state index is 12.3. The summed E-state index contributed by atoms with van der Waals surface area (Å²) in [6.07, 6.45) is 2.61. The molecule has 10 nitrogen and oxygen atoms in total. The first kappa shape index (κ1) is 25.9. The third-order valence-electron chi connectivity index (χ3n) is 5.45. The summed E-state index contributed by atoms with van der Waals surface area (Å²) in [5.74, 6) is -0.726. The third-order valence-corrected chi connectivity index (χ3v) is 6.35. The zero-order chi connectivity index (χ0) is 26.0. The predicted octanol–water partition coefficient (Wildman–Crippen LogP) is 2.97. The van der Waals surface area contributed by atoms with Crippen LogP contribution in [0, 0.1) is 0 Å². The number of carbonyl (C=O) groups is 2. The Kier molecular flexibility index (Phi) is 8.84. The molecule has 1 atom stereocenters. The van der Waals surface area contributed by atoms with Crippen molar-refractivity contribution in [3.05, 3.63) is 99.5 Å². The van der Waals surface area contributed by atoms with E-state index in [2.05, 4.69) is 25.8 Å². The minimum Gasteiger partial charge on any atom is -0.378 e. The SMILES string of the molecule is O=C(Cc1ccccc1)Nc1nnc(CCCCn2ccc(NC(=O)[C@H](O)c3ccccc3)nc2=O)s1. The normalized spacial score (nSPS) is 11.6. The Balaban J connectivity index is 1.20. The average Bonchev–Trinajstić information content (AvgIpc) is 3.35. The summed E-state index contributed by atoms with van der Waals surface area (Å²) in [4.78, 5) is 40.7. The Hall–Kier alpha value is -4.22. The molecule has 3 N–H and O–H groups in total. The number of nitrogens with zero attached hydrogens (tertiary/aromatic N) is 4. The van der Waals surface area contributed by atoms with E-state index < -0.39 is 17.7 Å². The van der Waals surface area contributed by atoms with Gasteiger partial charge in [0.25, 0.3) is 5.91 Å². The summed E-state index contributed by atoms with van der Waals surface area (Å²) in [6.45, 7) is 0.451. The minimum absolute atomic E-state index is 0.0805. The zero-order valence-electron chi connectivity index (χ0n) is 19.9. The van der Waals surface area contributed by atoms with E-state index in [0.29, 0.717) is 30.1 Å². The molecular formula is C26H26N6O4S. The smallest absolute Gasteiger partial charge is 0.349 e. The van der Waals surface area contributed by atoms with Crippen LogP contribution in [0.25, 0.3) is 0 Å². The van der Waals surface area contributed by atoms with Crippen LogP contribution in [0.15, 0.2) is 77.7 Å². The molecule has 0 aliphatic carbocycles. The number of hydrogen-bond acceptors (Lipinski definition) is 8. The van der Waals surface area contributed by atoms with Crippen molar-refractivity contribution >= 4 is 34.1 Å². The van der Waals surface area contributed by atoms with Crippen LogP contribution in [-0.4, -0.2) is 36.7 Å². The molecule has 2 aromatic carbocycles. The standard InChI is InChI=1S/C26H26N6O4S/c33-21(17-18-9-3-1-4-10-18)29-25-31-30-22(37-25)13-7-8-15-32-16-14-20(28-26(32)36)27-24(35)23(34)19-11-5-2-6-12-19/h1-6,9-12,14,16,23,34H,7-8,13,15,17H2,(H,29,31,33)(H,27,28,35,36)/t23-/m1/s1. The first-order valence-corrected chi connectivity index (χ1v) is 12.6. The molecule has 0 aliphatic heterocycles. The molecule has 11 heteroatoms. The fraction of sp³-hybridized carbons (Fsp3) is 0.231. The molecule has 4 rings (SSSR count). The van der Waals surface area contributed by atoms with Gasteiger partial charge >= 0.3 is 5.69 Å². The second-order valence-electron chi connectivity index (χ2n) is 8.26. The lowest BCUT2D eigenvalue weighted by molar-refractivity contribution is -0.124. The van der Waals surface area contributed by atoms with Crippen LogP contribution in [0.3, 0.4) is 0 Å². The van der Waals surface area contributed by atoms with Crippen LogP contribution in [0.1, 0.15) is 35.1 Å². The van der Waals surface area contributed by atoms with Crippen molar-refractivity contribution in [1.29, 1.82) is 0 Å². The van der Waals surface area contributed by atoms with E-state index in [1.165, 1.54) is 22.0 Å². The van der Waals surface area contributed by atoms with E-state index in [0.717, 1.165) is 17.0 Å². The molecule has 2 aromatic heterocycles. The van der Waals surface area contributed by atoms with Gasteiger partial charge in [-0.1, -0.05) is 72.0 Å². The fourth-order valence-corrected chi connectivity index (χ4v) is 4.36. The van der Waals surface area contributed by atoms with Crippen LogP contribution in [0.5, 0.6) is 0 Å². The number of unbranched alkanes of at least 4 members (excludes halogenated alkanes) is 1. The quantitative estimate of drug-likeness (QED) is 0.259. The number of carbonyl (C=O) groups excluding carboxylic acids is 2. The summed E-state index contributed by atoms with van der Waals surface area (Å²) < 4.78 is 1.46. The maximum Gasteiger partial charge on any atom is 0.349 e. The van der Waals surface area contributed by atoms with Gasteiger partial charge in [0.1, 0.15) is 10.8 Å². The molecule has 0 saturated heterocycles. The highest BCUT2D eigenvalue weighted by Gasteiger charge is 2.18. The monoisotopic (exact) mass is 518 g/mol. The van der Waals surface area contributed by atoms with Crippen LogP contribution in [0.4, 0.5) is 10.9 Å². The number of aryl methyl sites for hydroxylation is 2. The molecule has 0 spiro atoms. The average molecular weight is 519 g/mol. The number of aromatic nitrogens is 4. The van der Waals surface area contributed by atoms with Crippen molar-refractivity contribution in [1.82, 2.24) is 19.7 Å². The lowest BCUT2D eigenvalue weighted by atomic mass is 10.1. The lowest BCUT2D eigenvalue weighted by Gasteiger charge is -2.11. The molecule has 0 saturated carbocycles. The van der Waals surface area contributed by atoms with Crippen molar-refractivity contribution < 1.29 is 14.7 Å². The number of nitrogens with one attached hydrogen (secondary N) is 2. The van der Waals surface area contributed by atoms with Gasteiger partial charge in [0, 0.05) is 19.2 Å². The van der Waals surface area contributed by atoms with Gasteiger partial charge in [-0.15, -0.1) is 10.2 Å². The molecule has 0 bridgehead atoms. The second-order valence-corrected chi connectivity index (χ2v) is 9.32. The Labute approximate surface area is 217 Å². The molecule has 4 aromatic rings. The highest BCUT2D eigenvalue weighted by atomic mass is 32.1. The Morgan fingerprint density at radius 2 is 1.68 bits per heavy atom. The Morgan fingerprint density at radius 1 is 0.946 bits per heavy atom. The van der Waals surface area contributed by atoms with Crippen LogP contribution in [-0.2, 0) is 29.0 Å². The van der Waals surface area contributed by atoms with E-state index in [1.807, 2.05) is 30.3 Å². The molecular weight excluding hydrogens is 492 g/mol. The van der Waals surface area contributed by atoms with Crippen LogP contribution in [0.2, 0.25) is 0 Å².